The van der Waals surface area contributed by atoms with Crippen molar-refractivity contribution in [3.8, 4) is 11.1 Å². The van der Waals surface area contributed by atoms with Crippen molar-refractivity contribution in [1.29, 1.82) is 0 Å². The molecule has 0 bridgehead atoms. The molecule has 164 valence electrons. The number of anilines is 3. The van der Waals surface area contributed by atoms with E-state index in [1.165, 1.54) is 19.1 Å². The zero-order valence-corrected chi connectivity index (χ0v) is 17.7. The summed E-state index contributed by atoms with van der Waals surface area (Å²) in [5.41, 5.74) is 2.49. The Hall–Kier alpha value is -3.81. The van der Waals surface area contributed by atoms with E-state index in [-0.39, 0.29) is 23.5 Å². The number of likely N-dealkylation sites (tertiary alicyclic amines) is 1. The Bertz CT molecular complexity index is 1120. The Morgan fingerprint density at radius 3 is 2.34 bits per heavy atom. The maximum atomic E-state index is 13.1. The summed E-state index contributed by atoms with van der Waals surface area (Å²) in [6.45, 7) is 2.66. The number of hydrogen-bond acceptors (Lipinski definition) is 5. The van der Waals surface area contributed by atoms with Gasteiger partial charge in [0.25, 0.3) is 0 Å². The highest BCUT2D eigenvalue weighted by atomic mass is 19.1. The summed E-state index contributed by atoms with van der Waals surface area (Å²) in [6.07, 6.45) is 4.88. The highest BCUT2D eigenvalue weighted by molar-refractivity contribution is 5.93. The number of amides is 2. The second-order valence-electron chi connectivity index (χ2n) is 7.78. The average molecular weight is 433 g/mol. The molecule has 0 saturated carbocycles. The predicted octanol–water partition coefficient (Wildman–Crippen LogP) is 4.22. The Morgan fingerprint density at radius 1 is 1.00 bits per heavy atom. The summed E-state index contributed by atoms with van der Waals surface area (Å²) in [6, 6.07) is 13.4. The van der Waals surface area contributed by atoms with Crippen molar-refractivity contribution in [3.05, 3.63) is 66.7 Å². The molecule has 8 heteroatoms. The molecule has 1 aromatic carbocycles. The first-order chi connectivity index (χ1) is 15.5. The van der Waals surface area contributed by atoms with Crippen LogP contribution in [0.15, 0.2) is 60.9 Å². The minimum Gasteiger partial charge on any atom is -0.342 e. The average Bonchev–Trinajstić information content (AvgIpc) is 2.81. The van der Waals surface area contributed by atoms with Gasteiger partial charge in [-0.3, -0.25) is 9.59 Å². The highest BCUT2D eigenvalue weighted by Crippen LogP contribution is 2.25. The van der Waals surface area contributed by atoms with Crippen LogP contribution in [0.1, 0.15) is 19.8 Å². The summed E-state index contributed by atoms with van der Waals surface area (Å²) in [5, 5.41) is 6.04. The van der Waals surface area contributed by atoms with E-state index in [1.54, 1.807) is 35.5 Å². The largest absolute Gasteiger partial charge is 0.342 e. The molecule has 2 aromatic heterocycles. The quantitative estimate of drug-likeness (QED) is 0.629. The number of carbonyl (C=O) groups excluding carboxylic acids is 2. The number of nitrogens with one attached hydrogen (secondary N) is 2. The minimum absolute atomic E-state index is 0.00893. The molecule has 2 N–H and O–H groups in total. The van der Waals surface area contributed by atoms with Gasteiger partial charge in [-0.25, -0.2) is 14.4 Å². The molecular weight excluding hydrogens is 409 g/mol. The zero-order chi connectivity index (χ0) is 22.5. The maximum absolute atomic E-state index is 13.1. The molecule has 0 unspecified atom stereocenters. The molecule has 1 saturated heterocycles. The van der Waals surface area contributed by atoms with Gasteiger partial charge in [-0.2, -0.15) is 0 Å². The van der Waals surface area contributed by atoms with Gasteiger partial charge in [0.15, 0.2) is 0 Å². The molecule has 0 aliphatic carbocycles. The Kier molecular flexibility index (Phi) is 6.39. The van der Waals surface area contributed by atoms with Gasteiger partial charge in [-0.15, -0.1) is 0 Å². The fourth-order valence-corrected chi connectivity index (χ4v) is 3.74. The van der Waals surface area contributed by atoms with E-state index in [1.807, 2.05) is 18.2 Å². The van der Waals surface area contributed by atoms with Gasteiger partial charge in [0, 0.05) is 38.1 Å². The first kappa shape index (κ1) is 21.4. The molecule has 2 amide bonds. The number of halogens is 1. The van der Waals surface area contributed by atoms with E-state index in [2.05, 4.69) is 20.6 Å². The highest BCUT2D eigenvalue weighted by Gasteiger charge is 2.27. The van der Waals surface area contributed by atoms with Crippen molar-refractivity contribution < 1.29 is 14.0 Å². The molecular formula is C24H24FN5O2. The smallest absolute Gasteiger partial charge is 0.230 e. The van der Waals surface area contributed by atoms with Crippen LogP contribution in [0, 0.1) is 11.7 Å². The minimum atomic E-state index is -0.300. The lowest BCUT2D eigenvalue weighted by Gasteiger charge is -2.31. The van der Waals surface area contributed by atoms with Gasteiger partial charge < -0.3 is 15.5 Å². The number of carbonyl (C=O) groups is 2. The Labute approximate surface area is 185 Å². The van der Waals surface area contributed by atoms with Crippen molar-refractivity contribution in [1.82, 2.24) is 14.9 Å². The van der Waals surface area contributed by atoms with Crippen LogP contribution in [0.25, 0.3) is 11.1 Å². The van der Waals surface area contributed by atoms with Gasteiger partial charge >= 0.3 is 0 Å². The molecule has 32 heavy (non-hydrogen) atoms. The number of aromatic nitrogens is 2. The normalized spacial score (nSPS) is 15.8. The first-order valence-corrected chi connectivity index (χ1v) is 10.5. The third kappa shape index (κ3) is 5.26. The molecule has 4 rings (SSSR count). The molecule has 0 spiro atoms. The number of rotatable bonds is 5. The summed E-state index contributed by atoms with van der Waals surface area (Å²) in [7, 11) is 0. The molecule has 7 nitrogen and oxygen atoms in total. The van der Waals surface area contributed by atoms with Crippen molar-refractivity contribution in [2.24, 2.45) is 5.92 Å². The van der Waals surface area contributed by atoms with Crippen LogP contribution >= 0.6 is 0 Å². The molecule has 3 aromatic rings. The van der Waals surface area contributed by atoms with Crippen LogP contribution in [0.5, 0.6) is 0 Å². The second kappa shape index (κ2) is 9.55. The van der Waals surface area contributed by atoms with Crippen molar-refractivity contribution in [2.45, 2.75) is 19.8 Å². The van der Waals surface area contributed by atoms with Gasteiger partial charge in [-0.1, -0.05) is 0 Å². The first-order valence-electron chi connectivity index (χ1n) is 10.5. The van der Waals surface area contributed by atoms with Crippen LogP contribution in [0.4, 0.5) is 21.7 Å². The number of nitrogens with zero attached hydrogens (tertiary/aromatic N) is 3. The molecule has 3 heterocycles. The van der Waals surface area contributed by atoms with Crippen molar-refractivity contribution >= 4 is 29.1 Å². The van der Waals surface area contributed by atoms with E-state index in [9.17, 15) is 14.0 Å². The summed E-state index contributed by atoms with van der Waals surface area (Å²) >= 11 is 0. The molecule has 0 radical (unpaired) electrons. The fraction of sp³-hybridized carbons (Fsp3) is 0.250. The lowest BCUT2D eigenvalue weighted by atomic mass is 9.97. The summed E-state index contributed by atoms with van der Waals surface area (Å²) < 4.78 is 13.1. The van der Waals surface area contributed by atoms with Crippen molar-refractivity contribution in [3.63, 3.8) is 0 Å². The topological polar surface area (TPSA) is 87.2 Å². The summed E-state index contributed by atoms with van der Waals surface area (Å²) in [5.74, 6) is 0.385. The van der Waals surface area contributed by atoms with Gasteiger partial charge in [0.2, 0.25) is 11.8 Å². The Morgan fingerprint density at radius 2 is 1.66 bits per heavy atom. The van der Waals surface area contributed by atoms with E-state index in [0.717, 1.165) is 29.7 Å². The van der Waals surface area contributed by atoms with Crippen LogP contribution in [0.3, 0.4) is 0 Å². The maximum Gasteiger partial charge on any atom is 0.230 e. The van der Waals surface area contributed by atoms with E-state index in [4.69, 9.17) is 0 Å². The molecule has 1 aliphatic rings. The number of hydrogen-bond donors (Lipinski definition) is 2. The van der Waals surface area contributed by atoms with Crippen LogP contribution < -0.4 is 10.6 Å². The standard InChI is InChI=1S/C24H24FN5O2/c1-16(31)30-12-2-3-19(15-30)24(32)29-23-14-18(9-11-27-23)17-8-10-26-22(13-17)28-21-6-4-20(25)5-7-21/h4-11,13-14,19H,2-3,12,15H2,1H3,(H,26,28)(H,27,29,32)/t19-/m0/s1. The van der Waals surface area contributed by atoms with E-state index < -0.39 is 0 Å². The lowest BCUT2D eigenvalue weighted by Crippen LogP contribution is -2.42. The second-order valence-corrected chi connectivity index (χ2v) is 7.78. The van der Waals surface area contributed by atoms with Crippen molar-refractivity contribution in [2.75, 3.05) is 23.7 Å². The zero-order valence-electron chi connectivity index (χ0n) is 17.7. The van der Waals surface area contributed by atoms with E-state index >= 15 is 0 Å². The predicted molar refractivity (Wildman–Crippen MR) is 121 cm³/mol. The SMILES string of the molecule is CC(=O)N1CCC[C@H](C(=O)Nc2cc(-c3ccnc(Nc4ccc(F)cc4)c3)ccn2)C1. The third-order valence-electron chi connectivity index (χ3n) is 5.46. The van der Waals surface area contributed by atoms with Gasteiger partial charge in [0.05, 0.1) is 5.92 Å². The van der Waals surface area contributed by atoms with Gasteiger partial charge in [0.1, 0.15) is 17.5 Å². The monoisotopic (exact) mass is 433 g/mol. The number of benzene rings is 1. The number of pyridine rings is 2. The van der Waals surface area contributed by atoms with Crippen LogP contribution in [-0.2, 0) is 9.59 Å². The molecule has 1 atom stereocenters. The number of piperidine rings is 1. The molecule has 1 fully saturated rings. The van der Waals surface area contributed by atoms with Crippen LogP contribution in [-0.4, -0.2) is 39.8 Å². The van der Waals surface area contributed by atoms with Crippen LogP contribution in [0.2, 0.25) is 0 Å². The third-order valence-corrected chi connectivity index (χ3v) is 5.46. The summed E-state index contributed by atoms with van der Waals surface area (Å²) in [4.78, 5) is 34.7. The van der Waals surface area contributed by atoms with Gasteiger partial charge in [-0.05, 0) is 72.5 Å². The molecule has 1 aliphatic heterocycles. The Balaban J connectivity index is 1.46. The van der Waals surface area contributed by atoms with E-state index in [0.29, 0.717) is 24.7 Å². The fourth-order valence-electron chi connectivity index (χ4n) is 3.74. The lowest BCUT2D eigenvalue weighted by molar-refractivity contribution is -0.132.